The zero-order valence-corrected chi connectivity index (χ0v) is 10.8. The highest BCUT2D eigenvalue weighted by Gasteiger charge is 2.24. The number of halogens is 1. The molecule has 3 nitrogen and oxygen atoms in total. The van der Waals surface area contributed by atoms with E-state index < -0.39 is 6.23 Å². The van der Waals surface area contributed by atoms with E-state index in [1.165, 1.54) is 5.56 Å². The quantitative estimate of drug-likeness (QED) is 0.904. The molecule has 3 rings (SSSR count). The van der Waals surface area contributed by atoms with E-state index >= 15 is 0 Å². The maximum atomic E-state index is 10.1. The smallest absolute Gasteiger partial charge is 0.150 e. The molecule has 1 atom stereocenters. The minimum atomic E-state index is -0.479. The number of hydrogen-bond acceptors (Lipinski definition) is 2. The Balaban J connectivity index is 1.98. The number of rotatable bonds is 2. The van der Waals surface area contributed by atoms with Crippen LogP contribution in [0.25, 0.3) is 0 Å². The fraction of sp³-hybridized carbons (Fsp3) is 0.357. The number of aliphatic hydroxyl groups is 1. The molecule has 1 N–H and O–H groups in total. The van der Waals surface area contributed by atoms with Crippen LogP contribution < -0.4 is 0 Å². The SMILES string of the molecule is OC1CCCc2c(Cl)nc(Cc3ccccc3)n21. The van der Waals surface area contributed by atoms with Gasteiger partial charge >= 0.3 is 0 Å². The average molecular weight is 263 g/mol. The van der Waals surface area contributed by atoms with Crippen LogP contribution in [0, 0.1) is 0 Å². The van der Waals surface area contributed by atoms with E-state index in [0.717, 1.165) is 30.8 Å². The Hall–Kier alpha value is -1.32. The van der Waals surface area contributed by atoms with Gasteiger partial charge in [-0.1, -0.05) is 41.9 Å². The second-order valence-corrected chi connectivity index (χ2v) is 5.03. The highest BCUT2D eigenvalue weighted by Crippen LogP contribution is 2.30. The molecule has 0 fully saturated rings. The zero-order valence-electron chi connectivity index (χ0n) is 10.0. The zero-order chi connectivity index (χ0) is 12.5. The summed E-state index contributed by atoms with van der Waals surface area (Å²) in [6.45, 7) is 0. The predicted molar refractivity (Wildman–Crippen MR) is 70.7 cm³/mol. The summed E-state index contributed by atoms with van der Waals surface area (Å²) in [5.74, 6) is 0.855. The van der Waals surface area contributed by atoms with E-state index in [1.54, 1.807) is 0 Å². The standard InChI is InChI=1S/C14H15ClN2O/c15-14-11-7-4-8-13(18)17(11)12(16-14)9-10-5-2-1-3-6-10/h1-3,5-6,13,18H,4,7-9H2. The van der Waals surface area contributed by atoms with Crippen molar-refractivity contribution >= 4 is 11.6 Å². The molecule has 2 aromatic rings. The number of aliphatic hydroxyl groups excluding tert-OH is 1. The van der Waals surface area contributed by atoms with Crippen molar-refractivity contribution in [2.24, 2.45) is 0 Å². The summed E-state index contributed by atoms with van der Waals surface area (Å²) in [5, 5.41) is 10.6. The molecule has 1 aliphatic heterocycles. The van der Waals surface area contributed by atoms with Crippen molar-refractivity contribution in [1.29, 1.82) is 0 Å². The molecule has 4 heteroatoms. The van der Waals surface area contributed by atoms with Crippen LogP contribution in [0.15, 0.2) is 30.3 Å². The van der Waals surface area contributed by atoms with E-state index in [2.05, 4.69) is 17.1 Å². The lowest BCUT2D eigenvalue weighted by Gasteiger charge is -2.23. The Morgan fingerprint density at radius 3 is 2.89 bits per heavy atom. The van der Waals surface area contributed by atoms with Gasteiger partial charge in [-0.3, -0.25) is 0 Å². The highest BCUT2D eigenvalue weighted by molar-refractivity contribution is 6.30. The molecular weight excluding hydrogens is 248 g/mol. The van der Waals surface area contributed by atoms with Crippen molar-refractivity contribution in [1.82, 2.24) is 9.55 Å². The molecule has 0 saturated heterocycles. The first-order chi connectivity index (χ1) is 8.75. The number of hydrogen-bond donors (Lipinski definition) is 1. The molecule has 18 heavy (non-hydrogen) atoms. The Bertz CT molecular complexity index is 550. The third-order valence-corrected chi connectivity index (χ3v) is 3.72. The van der Waals surface area contributed by atoms with Gasteiger partial charge in [-0.25, -0.2) is 4.98 Å². The first-order valence-electron chi connectivity index (χ1n) is 6.23. The number of benzene rings is 1. The van der Waals surface area contributed by atoms with Crippen LogP contribution in [0.5, 0.6) is 0 Å². The van der Waals surface area contributed by atoms with Crippen molar-refractivity contribution in [2.75, 3.05) is 0 Å². The Morgan fingerprint density at radius 1 is 1.33 bits per heavy atom. The minimum Gasteiger partial charge on any atom is -0.373 e. The van der Waals surface area contributed by atoms with Gasteiger partial charge in [0, 0.05) is 6.42 Å². The van der Waals surface area contributed by atoms with Crippen LogP contribution in [0.3, 0.4) is 0 Å². The van der Waals surface area contributed by atoms with Gasteiger partial charge in [0.1, 0.15) is 12.1 Å². The summed E-state index contributed by atoms with van der Waals surface area (Å²) in [4.78, 5) is 4.41. The van der Waals surface area contributed by atoms with Crippen molar-refractivity contribution in [3.63, 3.8) is 0 Å². The van der Waals surface area contributed by atoms with Crippen LogP contribution in [0.4, 0.5) is 0 Å². The van der Waals surface area contributed by atoms with Gasteiger partial charge in [0.2, 0.25) is 0 Å². The van der Waals surface area contributed by atoms with Gasteiger partial charge in [0.05, 0.1) is 5.69 Å². The lowest BCUT2D eigenvalue weighted by atomic mass is 10.1. The first-order valence-corrected chi connectivity index (χ1v) is 6.61. The average Bonchev–Trinajstić information content (AvgIpc) is 2.69. The predicted octanol–water partition coefficient (Wildman–Crippen LogP) is 2.95. The second kappa shape index (κ2) is 4.75. The monoisotopic (exact) mass is 262 g/mol. The Morgan fingerprint density at radius 2 is 2.11 bits per heavy atom. The molecule has 0 radical (unpaired) electrons. The fourth-order valence-electron chi connectivity index (χ4n) is 2.55. The van der Waals surface area contributed by atoms with Crippen LogP contribution in [0.2, 0.25) is 5.15 Å². The van der Waals surface area contributed by atoms with Crippen LogP contribution in [-0.2, 0) is 12.8 Å². The van der Waals surface area contributed by atoms with E-state index in [-0.39, 0.29) is 0 Å². The number of aromatic nitrogens is 2. The van der Waals surface area contributed by atoms with E-state index in [1.807, 2.05) is 22.8 Å². The van der Waals surface area contributed by atoms with Crippen LogP contribution in [0.1, 0.15) is 36.2 Å². The summed E-state index contributed by atoms with van der Waals surface area (Å²) in [5.41, 5.74) is 2.15. The largest absolute Gasteiger partial charge is 0.373 e. The summed E-state index contributed by atoms with van der Waals surface area (Å²) < 4.78 is 1.90. The lowest BCUT2D eigenvalue weighted by molar-refractivity contribution is 0.0762. The molecular formula is C14H15ClN2O. The summed E-state index contributed by atoms with van der Waals surface area (Å²) in [6, 6.07) is 10.1. The van der Waals surface area contributed by atoms with Crippen LogP contribution >= 0.6 is 11.6 Å². The Labute approximate surface area is 111 Å². The molecule has 1 aromatic carbocycles. The molecule has 0 bridgehead atoms. The van der Waals surface area contributed by atoms with Gasteiger partial charge in [-0.2, -0.15) is 0 Å². The molecule has 94 valence electrons. The molecule has 0 spiro atoms. The summed E-state index contributed by atoms with van der Waals surface area (Å²) in [7, 11) is 0. The molecule has 1 unspecified atom stereocenters. The van der Waals surface area contributed by atoms with Crippen molar-refractivity contribution in [3.05, 3.63) is 52.6 Å². The molecule has 0 saturated carbocycles. The van der Waals surface area contributed by atoms with Crippen molar-refractivity contribution in [2.45, 2.75) is 31.9 Å². The molecule has 1 aliphatic rings. The fourth-order valence-corrected chi connectivity index (χ4v) is 2.83. The molecule has 1 aromatic heterocycles. The van der Waals surface area contributed by atoms with Gasteiger partial charge in [-0.05, 0) is 24.8 Å². The molecule has 0 aliphatic carbocycles. The second-order valence-electron chi connectivity index (χ2n) is 4.67. The van der Waals surface area contributed by atoms with Gasteiger partial charge in [0.25, 0.3) is 0 Å². The highest BCUT2D eigenvalue weighted by atomic mass is 35.5. The number of nitrogens with zero attached hydrogens (tertiary/aromatic N) is 2. The molecule has 0 amide bonds. The van der Waals surface area contributed by atoms with E-state index in [0.29, 0.717) is 11.6 Å². The molecule has 2 heterocycles. The van der Waals surface area contributed by atoms with Gasteiger partial charge in [0.15, 0.2) is 5.15 Å². The van der Waals surface area contributed by atoms with Crippen LogP contribution in [-0.4, -0.2) is 14.7 Å². The normalized spacial score (nSPS) is 18.7. The van der Waals surface area contributed by atoms with Gasteiger partial charge < -0.3 is 9.67 Å². The summed E-state index contributed by atoms with van der Waals surface area (Å²) >= 11 is 6.15. The van der Waals surface area contributed by atoms with Crippen molar-refractivity contribution in [3.8, 4) is 0 Å². The first kappa shape index (κ1) is 11.8. The summed E-state index contributed by atoms with van der Waals surface area (Å²) in [6.07, 6.45) is 2.88. The minimum absolute atomic E-state index is 0.479. The number of imidazole rings is 1. The maximum Gasteiger partial charge on any atom is 0.150 e. The Kier molecular flexibility index (Phi) is 3.10. The lowest BCUT2D eigenvalue weighted by Crippen LogP contribution is -2.19. The third-order valence-electron chi connectivity index (χ3n) is 3.41. The third kappa shape index (κ3) is 2.04. The maximum absolute atomic E-state index is 10.1. The number of fused-ring (bicyclic) bond motifs is 1. The topological polar surface area (TPSA) is 38.1 Å². The van der Waals surface area contributed by atoms with E-state index in [9.17, 15) is 5.11 Å². The van der Waals surface area contributed by atoms with Gasteiger partial charge in [-0.15, -0.1) is 0 Å². The van der Waals surface area contributed by atoms with E-state index in [4.69, 9.17) is 11.6 Å². The van der Waals surface area contributed by atoms with Crippen molar-refractivity contribution < 1.29 is 5.11 Å².